The van der Waals surface area contributed by atoms with Crippen LogP contribution in [-0.4, -0.2) is 34.5 Å². The van der Waals surface area contributed by atoms with Gasteiger partial charge < -0.3 is 16.0 Å². The van der Waals surface area contributed by atoms with Crippen molar-refractivity contribution in [1.82, 2.24) is 25.9 Å². The van der Waals surface area contributed by atoms with Crippen molar-refractivity contribution in [3.8, 4) is 0 Å². The number of aromatic nitrogens is 2. The van der Waals surface area contributed by atoms with E-state index < -0.39 is 53.0 Å². The number of hydrogen-bond acceptors (Lipinski definition) is 4. The Bertz CT molecular complexity index is 1020. The summed E-state index contributed by atoms with van der Waals surface area (Å²) in [5.74, 6) is -0.741. The van der Waals surface area contributed by atoms with Gasteiger partial charge in [0.15, 0.2) is 5.69 Å². The molecule has 0 aromatic carbocycles. The molecule has 166 valence electrons. The average Bonchev–Trinajstić information content (AvgIpc) is 3.11. The SMILES string of the molecule is O=C1NC[C@@H](C(=O)N[C@H](c2cnc(C(F)(F)F)c(Cl)c2)c2ccc(Cl)c(C(F)F)n2)N1. The maximum atomic E-state index is 13.2. The number of nitrogens with one attached hydrogen (secondary N) is 3. The lowest BCUT2D eigenvalue weighted by atomic mass is 10.0. The van der Waals surface area contributed by atoms with Crippen LogP contribution >= 0.6 is 23.2 Å². The maximum Gasteiger partial charge on any atom is 0.434 e. The Hall–Kier alpha value is -2.73. The van der Waals surface area contributed by atoms with Crippen molar-refractivity contribution in [2.75, 3.05) is 6.54 Å². The van der Waals surface area contributed by atoms with Crippen molar-refractivity contribution in [2.24, 2.45) is 0 Å². The van der Waals surface area contributed by atoms with Crippen molar-refractivity contribution < 1.29 is 31.5 Å². The lowest BCUT2D eigenvalue weighted by molar-refractivity contribution is -0.141. The Labute approximate surface area is 181 Å². The molecule has 1 aliphatic heterocycles. The van der Waals surface area contributed by atoms with E-state index in [1.54, 1.807) is 0 Å². The number of pyridine rings is 2. The first-order valence-electron chi connectivity index (χ1n) is 8.49. The molecule has 1 aliphatic rings. The van der Waals surface area contributed by atoms with Crippen molar-refractivity contribution in [3.63, 3.8) is 0 Å². The number of urea groups is 1. The van der Waals surface area contributed by atoms with Gasteiger partial charge in [0.05, 0.1) is 21.8 Å². The van der Waals surface area contributed by atoms with Crippen LogP contribution in [0.5, 0.6) is 0 Å². The second-order valence-electron chi connectivity index (χ2n) is 6.35. The summed E-state index contributed by atoms with van der Waals surface area (Å²) < 4.78 is 65.4. The number of hydrogen-bond donors (Lipinski definition) is 3. The van der Waals surface area contributed by atoms with Gasteiger partial charge in [0.25, 0.3) is 6.43 Å². The Kier molecular flexibility index (Phi) is 6.51. The van der Waals surface area contributed by atoms with E-state index in [1.807, 2.05) is 0 Å². The first-order chi connectivity index (χ1) is 14.5. The molecule has 31 heavy (non-hydrogen) atoms. The zero-order valence-electron chi connectivity index (χ0n) is 15.1. The van der Waals surface area contributed by atoms with Crippen molar-refractivity contribution in [1.29, 1.82) is 0 Å². The van der Waals surface area contributed by atoms with Crippen LogP contribution in [0.25, 0.3) is 0 Å². The fraction of sp³-hybridized carbons (Fsp3) is 0.294. The van der Waals surface area contributed by atoms with E-state index in [4.69, 9.17) is 23.2 Å². The molecule has 0 saturated carbocycles. The summed E-state index contributed by atoms with van der Waals surface area (Å²) in [4.78, 5) is 30.9. The number of carbonyl (C=O) groups is 2. The van der Waals surface area contributed by atoms with Crippen LogP contribution < -0.4 is 16.0 Å². The third kappa shape index (κ3) is 5.13. The molecule has 0 bridgehead atoms. The summed E-state index contributed by atoms with van der Waals surface area (Å²) in [6, 6.07) is 0.313. The van der Waals surface area contributed by atoms with Crippen molar-refractivity contribution >= 4 is 35.1 Å². The zero-order valence-corrected chi connectivity index (χ0v) is 16.6. The van der Waals surface area contributed by atoms with Gasteiger partial charge in [0, 0.05) is 18.3 Å². The molecule has 3 heterocycles. The normalized spacial score (nSPS) is 17.3. The van der Waals surface area contributed by atoms with E-state index in [-0.39, 0.29) is 22.8 Å². The van der Waals surface area contributed by atoms with Gasteiger partial charge >= 0.3 is 12.2 Å². The molecule has 1 fully saturated rings. The van der Waals surface area contributed by atoms with Crippen LogP contribution in [0.4, 0.5) is 26.7 Å². The highest BCUT2D eigenvalue weighted by Crippen LogP contribution is 2.35. The zero-order chi connectivity index (χ0) is 22.9. The summed E-state index contributed by atoms with van der Waals surface area (Å²) in [5, 5.41) is 6.06. The molecule has 3 N–H and O–H groups in total. The highest BCUT2D eigenvalue weighted by molar-refractivity contribution is 6.31. The quantitative estimate of drug-likeness (QED) is 0.565. The van der Waals surface area contributed by atoms with Gasteiger partial charge in [-0.25, -0.2) is 23.5 Å². The van der Waals surface area contributed by atoms with Gasteiger partial charge in [-0.05, 0) is 18.2 Å². The molecule has 7 nitrogen and oxygen atoms in total. The van der Waals surface area contributed by atoms with E-state index in [9.17, 15) is 31.5 Å². The van der Waals surface area contributed by atoms with E-state index >= 15 is 0 Å². The number of nitrogens with zero attached hydrogens (tertiary/aromatic N) is 2. The number of rotatable bonds is 5. The van der Waals surface area contributed by atoms with Crippen molar-refractivity contribution in [3.05, 3.63) is 57.1 Å². The smallest absolute Gasteiger partial charge is 0.342 e. The molecule has 0 radical (unpaired) electrons. The van der Waals surface area contributed by atoms with Crippen LogP contribution in [0, 0.1) is 0 Å². The van der Waals surface area contributed by atoms with Crippen molar-refractivity contribution in [2.45, 2.75) is 24.7 Å². The maximum absolute atomic E-state index is 13.2. The van der Waals surface area contributed by atoms with Crippen LogP contribution in [0.3, 0.4) is 0 Å². The lowest BCUT2D eigenvalue weighted by Crippen LogP contribution is -2.44. The van der Waals surface area contributed by atoms with E-state index in [1.165, 1.54) is 6.07 Å². The van der Waals surface area contributed by atoms with Crippen LogP contribution in [0.15, 0.2) is 24.4 Å². The van der Waals surface area contributed by atoms with E-state index in [0.717, 1.165) is 18.3 Å². The summed E-state index contributed by atoms with van der Waals surface area (Å²) in [6.07, 6.45) is -7.07. The van der Waals surface area contributed by atoms with Gasteiger partial charge in [0.2, 0.25) is 5.91 Å². The topological polar surface area (TPSA) is 96.0 Å². The fourth-order valence-corrected chi connectivity index (χ4v) is 3.26. The molecule has 1 saturated heterocycles. The highest BCUT2D eigenvalue weighted by atomic mass is 35.5. The van der Waals surface area contributed by atoms with Crippen LogP contribution in [0.1, 0.15) is 35.1 Å². The van der Waals surface area contributed by atoms with Crippen LogP contribution in [0.2, 0.25) is 10.0 Å². The van der Waals surface area contributed by atoms with E-state index in [2.05, 4.69) is 25.9 Å². The minimum Gasteiger partial charge on any atom is -0.342 e. The number of alkyl halides is 5. The summed E-state index contributed by atoms with van der Waals surface area (Å²) in [6.45, 7) is -0.0558. The number of amides is 3. The Morgan fingerprint density at radius 3 is 2.48 bits per heavy atom. The molecule has 0 unspecified atom stereocenters. The Morgan fingerprint density at radius 2 is 1.94 bits per heavy atom. The summed E-state index contributed by atoms with van der Waals surface area (Å²) in [5.41, 5.74) is -2.34. The summed E-state index contributed by atoms with van der Waals surface area (Å²) >= 11 is 11.4. The molecular weight excluding hydrogens is 472 g/mol. The molecule has 3 amide bonds. The number of halogens is 7. The standard InChI is InChI=1S/C17H12Cl2F5N5O2/c18-7-1-2-9(27-12(7)14(20)21)11(29-15(30)10-5-26-16(31)28-10)6-3-8(19)13(25-4-6)17(22,23)24/h1-4,10-11,14H,5H2,(H,29,30)(H2,26,28,31)/t10-,11+/m0/s1. The second-order valence-corrected chi connectivity index (χ2v) is 7.16. The third-order valence-electron chi connectivity index (χ3n) is 4.24. The van der Waals surface area contributed by atoms with Gasteiger partial charge in [-0.1, -0.05) is 23.2 Å². The lowest BCUT2D eigenvalue weighted by Gasteiger charge is -2.22. The van der Waals surface area contributed by atoms with Gasteiger partial charge in [-0.3, -0.25) is 4.79 Å². The molecule has 2 aromatic rings. The second kappa shape index (κ2) is 8.79. The third-order valence-corrected chi connectivity index (χ3v) is 4.84. The number of carbonyl (C=O) groups excluding carboxylic acids is 2. The molecule has 14 heteroatoms. The largest absolute Gasteiger partial charge is 0.434 e. The Balaban J connectivity index is 2.02. The molecule has 3 rings (SSSR count). The Morgan fingerprint density at radius 1 is 1.23 bits per heavy atom. The van der Waals surface area contributed by atoms with Gasteiger partial charge in [-0.2, -0.15) is 13.2 Å². The minimum absolute atomic E-state index is 0.0558. The molecule has 2 atom stereocenters. The predicted molar refractivity (Wildman–Crippen MR) is 98.8 cm³/mol. The monoisotopic (exact) mass is 483 g/mol. The van der Waals surface area contributed by atoms with E-state index in [0.29, 0.717) is 0 Å². The molecular formula is C17H12Cl2F5N5O2. The molecule has 0 aliphatic carbocycles. The molecule has 0 spiro atoms. The predicted octanol–water partition coefficient (Wildman–Crippen LogP) is 3.63. The first kappa shape index (κ1) is 22.9. The molecule has 2 aromatic heterocycles. The summed E-state index contributed by atoms with van der Waals surface area (Å²) in [7, 11) is 0. The minimum atomic E-state index is -4.82. The van der Waals surface area contributed by atoms with Crippen LogP contribution in [-0.2, 0) is 11.0 Å². The highest BCUT2D eigenvalue weighted by Gasteiger charge is 2.36. The van der Waals surface area contributed by atoms with Gasteiger partial charge in [-0.15, -0.1) is 0 Å². The van der Waals surface area contributed by atoms with Gasteiger partial charge in [0.1, 0.15) is 11.7 Å². The average molecular weight is 484 g/mol. The fourth-order valence-electron chi connectivity index (χ4n) is 2.79. The first-order valence-corrected chi connectivity index (χ1v) is 9.25.